The molecule has 128 valence electrons. The summed E-state index contributed by atoms with van der Waals surface area (Å²) in [4.78, 5) is 22.7. The molecule has 0 saturated heterocycles. The second-order valence-electron chi connectivity index (χ2n) is 5.00. The van der Waals surface area contributed by atoms with E-state index in [4.69, 9.17) is 0 Å². The fraction of sp³-hybridized carbons (Fsp3) is 0.750. The number of hydrogen-bond acceptors (Lipinski definition) is 4. The van der Waals surface area contributed by atoms with Crippen LogP contribution in [0.5, 0.6) is 0 Å². The van der Waals surface area contributed by atoms with Gasteiger partial charge in [0.2, 0.25) is 0 Å². The summed E-state index contributed by atoms with van der Waals surface area (Å²) in [6, 6.07) is 0. The minimum absolute atomic E-state index is 0.0765. The number of hydrogen-bond donors (Lipinski definition) is 2. The molecule has 0 amide bonds. The van der Waals surface area contributed by atoms with Crippen LogP contribution in [0.15, 0.2) is 11.1 Å². The SMILES string of the molecule is CCCCSCC/C(C(=O)O)=C(\CCSCCCC)C(=O)O. The van der Waals surface area contributed by atoms with Gasteiger partial charge in [-0.1, -0.05) is 26.7 Å². The maximum Gasteiger partial charge on any atom is 0.332 e. The molecule has 2 N–H and O–H groups in total. The lowest BCUT2D eigenvalue weighted by Crippen LogP contribution is -2.13. The summed E-state index contributed by atoms with van der Waals surface area (Å²) < 4.78 is 0. The predicted octanol–water partition coefficient (Wildman–Crippen LogP) is 4.30. The van der Waals surface area contributed by atoms with Crippen LogP contribution in [0.25, 0.3) is 0 Å². The molecule has 0 aromatic rings. The molecule has 6 heteroatoms. The first-order valence-electron chi connectivity index (χ1n) is 7.88. The minimum Gasteiger partial charge on any atom is -0.478 e. The zero-order valence-electron chi connectivity index (χ0n) is 13.6. The Morgan fingerprint density at radius 1 is 0.727 bits per heavy atom. The van der Waals surface area contributed by atoms with E-state index in [1.807, 2.05) is 0 Å². The van der Waals surface area contributed by atoms with E-state index < -0.39 is 11.9 Å². The highest BCUT2D eigenvalue weighted by Crippen LogP contribution is 2.20. The van der Waals surface area contributed by atoms with E-state index in [2.05, 4.69) is 13.8 Å². The number of unbranched alkanes of at least 4 members (excludes halogenated alkanes) is 2. The van der Waals surface area contributed by atoms with Crippen molar-refractivity contribution >= 4 is 35.5 Å². The Labute approximate surface area is 142 Å². The van der Waals surface area contributed by atoms with Crippen molar-refractivity contribution in [2.75, 3.05) is 23.0 Å². The van der Waals surface area contributed by atoms with Crippen molar-refractivity contribution in [2.45, 2.75) is 52.4 Å². The van der Waals surface area contributed by atoms with Crippen molar-refractivity contribution < 1.29 is 19.8 Å². The van der Waals surface area contributed by atoms with Crippen LogP contribution in [-0.4, -0.2) is 45.2 Å². The first-order valence-corrected chi connectivity index (χ1v) is 10.2. The van der Waals surface area contributed by atoms with Gasteiger partial charge in [0.05, 0.1) is 0 Å². The van der Waals surface area contributed by atoms with E-state index >= 15 is 0 Å². The van der Waals surface area contributed by atoms with Crippen LogP contribution < -0.4 is 0 Å². The lowest BCUT2D eigenvalue weighted by molar-refractivity contribution is -0.136. The van der Waals surface area contributed by atoms with Gasteiger partial charge in [0.1, 0.15) is 0 Å². The fourth-order valence-electron chi connectivity index (χ4n) is 1.82. The molecule has 0 saturated carbocycles. The quantitative estimate of drug-likeness (QED) is 0.360. The van der Waals surface area contributed by atoms with E-state index in [1.165, 1.54) is 0 Å². The van der Waals surface area contributed by atoms with Crippen molar-refractivity contribution in [1.82, 2.24) is 0 Å². The summed E-state index contributed by atoms with van der Waals surface area (Å²) in [6.45, 7) is 4.23. The summed E-state index contributed by atoms with van der Waals surface area (Å²) in [5, 5.41) is 18.6. The molecule has 0 fully saturated rings. The molecule has 0 aliphatic carbocycles. The highest BCUT2D eigenvalue weighted by Gasteiger charge is 2.19. The van der Waals surface area contributed by atoms with Gasteiger partial charge in [0, 0.05) is 11.1 Å². The lowest BCUT2D eigenvalue weighted by atomic mass is 10.0. The summed E-state index contributed by atoms with van der Waals surface area (Å²) in [7, 11) is 0. The zero-order chi connectivity index (χ0) is 16.8. The molecular weight excluding hydrogens is 320 g/mol. The van der Waals surface area contributed by atoms with Crippen LogP contribution in [0.1, 0.15) is 52.4 Å². The molecule has 4 nitrogen and oxygen atoms in total. The van der Waals surface area contributed by atoms with Gasteiger partial charge in [-0.25, -0.2) is 9.59 Å². The number of thioether (sulfide) groups is 2. The Kier molecular flexibility index (Phi) is 13.6. The normalized spacial score (nSPS) is 12.1. The summed E-state index contributed by atoms with van der Waals surface area (Å²) in [5.41, 5.74) is 0.153. The second-order valence-corrected chi connectivity index (χ2v) is 7.45. The average Bonchev–Trinajstić information content (AvgIpc) is 2.47. The minimum atomic E-state index is -1.09. The van der Waals surface area contributed by atoms with Crippen molar-refractivity contribution in [3.05, 3.63) is 11.1 Å². The molecule has 0 atom stereocenters. The summed E-state index contributed by atoms with van der Waals surface area (Å²) in [6.07, 6.45) is 5.09. The van der Waals surface area contributed by atoms with Crippen molar-refractivity contribution in [3.8, 4) is 0 Å². The number of carbonyl (C=O) groups is 2. The molecule has 0 aliphatic rings. The highest BCUT2D eigenvalue weighted by atomic mass is 32.2. The summed E-state index contributed by atoms with van der Waals surface area (Å²) >= 11 is 3.38. The molecule has 0 rings (SSSR count). The van der Waals surface area contributed by atoms with E-state index in [0.717, 1.165) is 37.2 Å². The standard InChI is InChI=1S/C16H28O4S2/c1-3-5-9-21-11-7-13(15(17)18)14(16(19)20)8-12-22-10-6-4-2/h3-12H2,1-2H3,(H,17,18)(H,19,20)/b14-13-. The molecule has 0 heterocycles. The van der Waals surface area contributed by atoms with Crippen LogP contribution in [0, 0.1) is 0 Å². The van der Waals surface area contributed by atoms with Crippen molar-refractivity contribution in [3.63, 3.8) is 0 Å². The van der Waals surface area contributed by atoms with Crippen LogP contribution in [0.2, 0.25) is 0 Å². The van der Waals surface area contributed by atoms with Crippen LogP contribution in [0.4, 0.5) is 0 Å². The topological polar surface area (TPSA) is 74.6 Å². The first kappa shape index (κ1) is 21.4. The third-order valence-corrected chi connectivity index (χ3v) is 5.30. The molecule has 22 heavy (non-hydrogen) atoms. The van der Waals surface area contributed by atoms with E-state index in [0.29, 0.717) is 24.3 Å². The maximum absolute atomic E-state index is 11.4. The molecule has 0 bridgehead atoms. The average molecular weight is 349 g/mol. The molecule has 0 unspecified atom stereocenters. The summed E-state index contributed by atoms with van der Waals surface area (Å²) in [5.74, 6) is 1.15. The number of carboxylic acid groups (broad SMARTS) is 2. The van der Waals surface area contributed by atoms with Crippen LogP contribution in [0.3, 0.4) is 0 Å². The van der Waals surface area contributed by atoms with E-state index in [-0.39, 0.29) is 11.1 Å². The van der Waals surface area contributed by atoms with Crippen molar-refractivity contribution in [1.29, 1.82) is 0 Å². The monoisotopic (exact) mass is 348 g/mol. The maximum atomic E-state index is 11.4. The van der Waals surface area contributed by atoms with Gasteiger partial charge in [0.15, 0.2) is 0 Å². The smallest absolute Gasteiger partial charge is 0.332 e. The Morgan fingerprint density at radius 2 is 1.09 bits per heavy atom. The first-order chi connectivity index (χ1) is 10.5. The fourth-order valence-corrected chi connectivity index (χ4v) is 3.91. The molecule has 0 aromatic heterocycles. The van der Waals surface area contributed by atoms with Gasteiger partial charge in [-0.05, 0) is 48.7 Å². The number of aliphatic carboxylic acids is 2. The van der Waals surface area contributed by atoms with Crippen LogP contribution >= 0.6 is 23.5 Å². The van der Waals surface area contributed by atoms with Gasteiger partial charge < -0.3 is 10.2 Å². The molecule has 0 radical (unpaired) electrons. The Morgan fingerprint density at radius 3 is 1.36 bits per heavy atom. The van der Waals surface area contributed by atoms with Crippen molar-refractivity contribution in [2.24, 2.45) is 0 Å². The van der Waals surface area contributed by atoms with Crippen LogP contribution in [-0.2, 0) is 9.59 Å². The van der Waals surface area contributed by atoms with Gasteiger partial charge in [-0.15, -0.1) is 0 Å². The molecule has 0 aliphatic heterocycles. The van der Waals surface area contributed by atoms with E-state index in [9.17, 15) is 19.8 Å². The Bertz CT molecular complexity index is 333. The lowest BCUT2D eigenvalue weighted by Gasteiger charge is -2.09. The molecule has 0 aromatic carbocycles. The van der Waals surface area contributed by atoms with E-state index in [1.54, 1.807) is 23.5 Å². The van der Waals surface area contributed by atoms with Gasteiger partial charge in [-0.3, -0.25) is 0 Å². The second kappa shape index (κ2) is 14.0. The molecule has 0 spiro atoms. The number of carboxylic acids is 2. The predicted molar refractivity (Wildman–Crippen MR) is 96.0 cm³/mol. The largest absolute Gasteiger partial charge is 0.478 e. The van der Waals surface area contributed by atoms with Gasteiger partial charge in [-0.2, -0.15) is 23.5 Å². The number of rotatable bonds is 14. The zero-order valence-corrected chi connectivity index (χ0v) is 15.2. The Balaban J connectivity index is 4.55. The Hall–Kier alpha value is -0.620. The highest BCUT2D eigenvalue weighted by molar-refractivity contribution is 7.99. The van der Waals surface area contributed by atoms with Gasteiger partial charge in [0.25, 0.3) is 0 Å². The third kappa shape index (κ3) is 10.2. The third-order valence-electron chi connectivity index (χ3n) is 3.16. The molecular formula is C16H28O4S2. The van der Waals surface area contributed by atoms with Gasteiger partial charge >= 0.3 is 11.9 Å².